The highest BCUT2D eigenvalue weighted by Gasteiger charge is 2.25. The van der Waals surface area contributed by atoms with Crippen molar-refractivity contribution in [2.75, 3.05) is 11.9 Å². The van der Waals surface area contributed by atoms with Crippen molar-refractivity contribution < 1.29 is 14.8 Å². The third-order valence-corrected chi connectivity index (χ3v) is 2.72. The summed E-state index contributed by atoms with van der Waals surface area (Å²) in [5.41, 5.74) is -0.241. The zero-order chi connectivity index (χ0) is 13.2. The molecule has 0 radical (unpaired) electrons. The number of carboxylic acid groups (broad SMARTS) is 1. The van der Waals surface area contributed by atoms with Crippen molar-refractivity contribution in [3.8, 4) is 0 Å². The maximum absolute atomic E-state index is 10.8. The summed E-state index contributed by atoms with van der Waals surface area (Å²) in [4.78, 5) is 26.2. The molecule has 17 heavy (non-hydrogen) atoms. The average molecular weight is 304 g/mol. The zero-order valence-electron chi connectivity index (χ0n) is 9.12. The van der Waals surface area contributed by atoms with Crippen molar-refractivity contribution >= 4 is 33.4 Å². The van der Waals surface area contributed by atoms with Crippen LogP contribution in [0.2, 0.25) is 0 Å². The fourth-order valence-electron chi connectivity index (χ4n) is 1.18. The number of carbonyl (C=O) groups is 1. The van der Waals surface area contributed by atoms with E-state index in [1.54, 1.807) is 0 Å². The largest absolute Gasteiger partial charge is 0.480 e. The first-order valence-corrected chi connectivity index (χ1v) is 5.39. The lowest BCUT2D eigenvalue weighted by Crippen LogP contribution is -2.36. The third kappa shape index (κ3) is 2.90. The highest BCUT2D eigenvalue weighted by molar-refractivity contribution is 9.10. The van der Waals surface area contributed by atoms with E-state index in [4.69, 9.17) is 5.11 Å². The molecular formula is C9H10BrN3O4. The van der Waals surface area contributed by atoms with E-state index in [0.717, 1.165) is 0 Å². The summed E-state index contributed by atoms with van der Waals surface area (Å²) in [7, 11) is 1.45. The molecule has 92 valence electrons. The minimum Gasteiger partial charge on any atom is -0.480 e. The molecule has 0 spiro atoms. The molecule has 0 aromatic carbocycles. The second kappa shape index (κ2) is 5.09. The van der Waals surface area contributed by atoms with Gasteiger partial charge in [-0.2, -0.15) is 0 Å². The zero-order valence-corrected chi connectivity index (χ0v) is 10.7. The van der Waals surface area contributed by atoms with Crippen LogP contribution in [0.15, 0.2) is 16.7 Å². The number of halogens is 1. The molecule has 0 amide bonds. The van der Waals surface area contributed by atoms with Crippen LogP contribution < -0.4 is 4.90 Å². The third-order valence-electron chi connectivity index (χ3n) is 2.28. The number of hydrogen-bond donors (Lipinski definition) is 1. The van der Waals surface area contributed by atoms with Gasteiger partial charge in [-0.1, -0.05) is 0 Å². The number of nitro groups is 1. The number of carboxylic acids is 1. The smallest absolute Gasteiger partial charge is 0.326 e. The maximum Gasteiger partial charge on any atom is 0.326 e. The normalized spacial score (nSPS) is 11.9. The molecule has 1 atom stereocenters. The van der Waals surface area contributed by atoms with Crippen LogP contribution in [0.5, 0.6) is 0 Å². The lowest BCUT2D eigenvalue weighted by molar-refractivity contribution is -0.384. The lowest BCUT2D eigenvalue weighted by Gasteiger charge is -2.21. The molecule has 0 saturated heterocycles. The number of likely N-dealkylation sites (N-methyl/N-ethyl adjacent to an activating group) is 1. The van der Waals surface area contributed by atoms with Gasteiger partial charge in [0, 0.05) is 23.8 Å². The molecule has 1 unspecified atom stereocenters. The van der Waals surface area contributed by atoms with Crippen molar-refractivity contribution in [1.29, 1.82) is 0 Å². The van der Waals surface area contributed by atoms with E-state index in [2.05, 4.69) is 20.9 Å². The number of hydrogen-bond acceptors (Lipinski definition) is 5. The highest BCUT2D eigenvalue weighted by atomic mass is 79.9. The van der Waals surface area contributed by atoms with Crippen molar-refractivity contribution in [3.63, 3.8) is 0 Å². The van der Waals surface area contributed by atoms with Crippen LogP contribution in [-0.4, -0.2) is 34.1 Å². The monoisotopic (exact) mass is 303 g/mol. The number of rotatable bonds is 4. The van der Waals surface area contributed by atoms with Crippen molar-refractivity contribution in [3.05, 3.63) is 26.9 Å². The fraction of sp³-hybridized carbons (Fsp3) is 0.333. The summed E-state index contributed by atoms with van der Waals surface area (Å²) in [5.74, 6) is -1.06. The van der Waals surface area contributed by atoms with Gasteiger partial charge in [0.05, 0.1) is 4.92 Å². The Morgan fingerprint density at radius 2 is 2.29 bits per heavy atom. The molecule has 0 bridgehead atoms. The molecule has 8 heteroatoms. The number of pyridine rings is 1. The predicted octanol–water partition coefficient (Wildman–Crippen LogP) is 1.66. The van der Waals surface area contributed by atoms with E-state index in [1.165, 1.54) is 31.1 Å². The van der Waals surface area contributed by atoms with Gasteiger partial charge in [0.2, 0.25) is 5.82 Å². The molecule has 0 aliphatic rings. The second-order valence-corrected chi connectivity index (χ2v) is 4.29. The molecule has 1 aromatic heterocycles. The van der Waals surface area contributed by atoms with E-state index in [1.807, 2.05) is 0 Å². The summed E-state index contributed by atoms with van der Waals surface area (Å²) in [6.45, 7) is 1.43. The van der Waals surface area contributed by atoms with E-state index in [0.29, 0.717) is 4.47 Å². The molecule has 7 nitrogen and oxygen atoms in total. The summed E-state index contributed by atoms with van der Waals surface area (Å²) in [5, 5.41) is 19.7. The second-order valence-electron chi connectivity index (χ2n) is 3.38. The summed E-state index contributed by atoms with van der Waals surface area (Å²) in [6.07, 6.45) is 1.38. The molecule has 1 aromatic rings. The number of aliphatic carboxylic acids is 1. The number of anilines is 1. The molecule has 0 fully saturated rings. The summed E-state index contributed by atoms with van der Waals surface area (Å²) in [6, 6.07) is 0.385. The van der Waals surface area contributed by atoms with Gasteiger partial charge in [-0.3, -0.25) is 10.1 Å². The Labute approximate surface area is 105 Å². The van der Waals surface area contributed by atoms with E-state index in [-0.39, 0.29) is 11.5 Å². The molecule has 1 heterocycles. The van der Waals surface area contributed by atoms with Crippen molar-refractivity contribution in [1.82, 2.24) is 4.98 Å². The van der Waals surface area contributed by atoms with Crippen LogP contribution in [0.3, 0.4) is 0 Å². The van der Waals surface area contributed by atoms with Gasteiger partial charge in [-0.25, -0.2) is 9.78 Å². The quantitative estimate of drug-likeness (QED) is 0.671. The maximum atomic E-state index is 10.8. The van der Waals surface area contributed by atoms with E-state index >= 15 is 0 Å². The van der Waals surface area contributed by atoms with Gasteiger partial charge in [0.1, 0.15) is 6.04 Å². The molecule has 1 N–H and O–H groups in total. The van der Waals surface area contributed by atoms with Crippen molar-refractivity contribution in [2.45, 2.75) is 13.0 Å². The number of aromatic nitrogens is 1. The van der Waals surface area contributed by atoms with Gasteiger partial charge in [0.25, 0.3) is 0 Å². The van der Waals surface area contributed by atoms with Crippen LogP contribution in [0, 0.1) is 10.1 Å². The molecular weight excluding hydrogens is 294 g/mol. The van der Waals surface area contributed by atoms with Gasteiger partial charge in [-0.15, -0.1) is 0 Å². The summed E-state index contributed by atoms with van der Waals surface area (Å²) < 4.78 is 0.462. The highest BCUT2D eigenvalue weighted by Crippen LogP contribution is 2.28. The molecule has 0 aliphatic carbocycles. The first-order valence-electron chi connectivity index (χ1n) is 4.60. The SMILES string of the molecule is CC(C(=O)O)N(C)c1ncc(Br)cc1[N+](=O)[O-]. The molecule has 1 rings (SSSR count). The topological polar surface area (TPSA) is 96.6 Å². The van der Waals surface area contributed by atoms with Gasteiger partial charge >= 0.3 is 11.7 Å². The number of nitrogens with zero attached hydrogens (tertiary/aromatic N) is 3. The predicted molar refractivity (Wildman–Crippen MR) is 64.1 cm³/mol. The first kappa shape index (κ1) is 13.4. The Morgan fingerprint density at radius 1 is 1.71 bits per heavy atom. The van der Waals surface area contributed by atoms with Crippen LogP contribution in [-0.2, 0) is 4.79 Å². The minimum absolute atomic E-state index is 0.0214. The molecule has 0 saturated carbocycles. The Bertz CT molecular complexity index is 466. The van der Waals surface area contributed by atoms with Crippen molar-refractivity contribution in [2.24, 2.45) is 0 Å². The molecule has 0 aliphatic heterocycles. The Morgan fingerprint density at radius 3 is 2.76 bits per heavy atom. The average Bonchev–Trinajstić information content (AvgIpc) is 2.26. The first-order chi connectivity index (χ1) is 7.84. The Hall–Kier alpha value is -1.70. The van der Waals surface area contributed by atoms with Crippen LogP contribution in [0.4, 0.5) is 11.5 Å². The van der Waals surface area contributed by atoms with Crippen LogP contribution >= 0.6 is 15.9 Å². The Kier molecular flexibility index (Phi) is 4.00. The Balaban J connectivity index is 3.21. The lowest BCUT2D eigenvalue weighted by atomic mass is 10.3. The fourth-order valence-corrected chi connectivity index (χ4v) is 1.50. The van der Waals surface area contributed by atoms with Gasteiger partial charge in [0.15, 0.2) is 0 Å². The summed E-state index contributed by atoms with van der Waals surface area (Å²) >= 11 is 3.08. The van der Waals surface area contributed by atoms with Crippen LogP contribution in [0.1, 0.15) is 6.92 Å². The standard InChI is InChI=1S/C9H10BrN3O4/c1-5(9(14)15)12(2)8-7(13(16)17)3-6(10)4-11-8/h3-5H,1-2H3,(H,14,15). The van der Waals surface area contributed by atoms with Gasteiger partial charge in [-0.05, 0) is 22.9 Å². The van der Waals surface area contributed by atoms with Gasteiger partial charge < -0.3 is 10.0 Å². The van der Waals surface area contributed by atoms with E-state index in [9.17, 15) is 14.9 Å². The minimum atomic E-state index is -1.08. The van der Waals surface area contributed by atoms with Crippen LogP contribution in [0.25, 0.3) is 0 Å². The van der Waals surface area contributed by atoms with E-state index < -0.39 is 16.9 Å².